The van der Waals surface area contributed by atoms with E-state index in [2.05, 4.69) is 17.6 Å². The number of hydrogen-bond acceptors (Lipinski definition) is 3. The number of amides is 1. The van der Waals surface area contributed by atoms with Gasteiger partial charge in [0.05, 0.1) is 12.1 Å². The van der Waals surface area contributed by atoms with E-state index in [9.17, 15) is 9.90 Å². The standard InChI is InChI=1S/C10H20N2O2/c1-2-6-11-7-9(13)12-8-10(14)4-3-5-10/h11,14H,2-8H2,1H3,(H,12,13). The lowest BCUT2D eigenvalue weighted by molar-refractivity contribution is -0.122. The minimum Gasteiger partial charge on any atom is -0.388 e. The van der Waals surface area contributed by atoms with Crippen LogP contribution < -0.4 is 10.6 Å². The molecule has 0 spiro atoms. The fourth-order valence-corrected chi connectivity index (χ4v) is 1.47. The Morgan fingerprint density at radius 2 is 2.21 bits per heavy atom. The molecule has 0 saturated heterocycles. The third-order valence-electron chi connectivity index (χ3n) is 2.61. The molecule has 0 bridgehead atoms. The van der Waals surface area contributed by atoms with E-state index in [1.54, 1.807) is 0 Å². The van der Waals surface area contributed by atoms with Gasteiger partial charge < -0.3 is 15.7 Å². The van der Waals surface area contributed by atoms with E-state index >= 15 is 0 Å². The Labute approximate surface area is 85.1 Å². The molecule has 0 aromatic rings. The van der Waals surface area contributed by atoms with E-state index < -0.39 is 5.60 Å². The fraction of sp³-hybridized carbons (Fsp3) is 0.900. The van der Waals surface area contributed by atoms with E-state index in [0.29, 0.717) is 13.1 Å². The summed E-state index contributed by atoms with van der Waals surface area (Å²) in [6.07, 6.45) is 3.73. The Hall–Kier alpha value is -0.610. The molecular formula is C10H20N2O2. The first-order valence-corrected chi connectivity index (χ1v) is 5.36. The third kappa shape index (κ3) is 3.64. The van der Waals surface area contributed by atoms with Gasteiger partial charge in [0.15, 0.2) is 0 Å². The Kier molecular flexibility index (Phi) is 4.35. The highest BCUT2D eigenvalue weighted by Crippen LogP contribution is 2.30. The summed E-state index contributed by atoms with van der Waals surface area (Å²) in [7, 11) is 0. The molecule has 0 aromatic heterocycles. The molecule has 4 heteroatoms. The molecule has 4 nitrogen and oxygen atoms in total. The normalized spacial score (nSPS) is 18.7. The lowest BCUT2D eigenvalue weighted by atomic mass is 9.80. The van der Waals surface area contributed by atoms with Gasteiger partial charge in [-0.3, -0.25) is 4.79 Å². The SMILES string of the molecule is CCCNCC(=O)NCC1(O)CCC1. The predicted octanol–water partition coefficient (Wildman–Crippen LogP) is 0.0172. The van der Waals surface area contributed by atoms with Crippen LogP contribution in [0.4, 0.5) is 0 Å². The van der Waals surface area contributed by atoms with E-state index in [1.807, 2.05) is 0 Å². The maximum Gasteiger partial charge on any atom is 0.234 e. The predicted molar refractivity (Wildman–Crippen MR) is 55.0 cm³/mol. The average molecular weight is 200 g/mol. The Bertz CT molecular complexity index is 191. The van der Waals surface area contributed by atoms with Gasteiger partial charge in [0.1, 0.15) is 0 Å². The molecule has 14 heavy (non-hydrogen) atoms. The summed E-state index contributed by atoms with van der Waals surface area (Å²) in [6.45, 7) is 3.67. The van der Waals surface area contributed by atoms with Crippen LogP contribution in [0.3, 0.4) is 0 Å². The van der Waals surface area contributed by atoms with Gasteiger partial charge in [-0.1, -0.05) is 6.92 Å². The van der Waals surface area contributed by atoms with Crippen LogP contribution in [0.2, 0.25) is 0 Å². The van der Waals surface area contributed by atoms with Crippen molar-refractivity contribution in [1.29, 1.82) is 0 Å². The quantitative estimate of drug-likeness (QED) is 0.530. The molecular weight excluding hydrogens is 180 g/mol. The topological polar surface area (TPSA) is 61.4 Å². The van der Waals surface area contributed by atoms with Crippen molar-refractivity contribution in [3.05, 3.63) is 0 Å². The second kappa shape index (κ2) is 5.32. The molecule has 1 aliphatic carbocycles. The Morgan fingerprint density at radius 3 is 2.71 bits per heavy atom. The fourth-order valence-electron chi connectivity index (χ4n) is 1.47. The van der Waals surface area contributed by atoms with Crippen molar-refractivity contribution in [2.24, 2.45) is 0 Å². The van der Waals surface area contributed by atoms with Crippen molar-refractivity contribution in [1.82, 2.24) is 10.6 Å². The molecule has 0 unspecified atom stereocenters. The largest absolute Gasteiger partial charge is 0.388 e. The molecule has 1 rings (SSSR count). The lowest BCUT2D eigenvalue weighted by Gasteiger charge is -2.36. The molecule has 1 fully saturated rings. The number of aliphatic hydroxyl groups is 1. The van der Waals surface area contributed by atoms with Crippen LogP contribution in [-0.2, 0) is 4.79 Å². The highest BCUT2D eigenvalue weighted by atomic mass is 16.3. The van der Waals surface area contributed by atoms with Crippen molar-refractivity contribution >= 4 is 5.91 Å². The lowest BCUT2D eigenvalue weighted by Crippen LogP contribution is -2.49. The molecule has 1 aliphatic rings. The molecule has 0 aliphatic heterocycles. The van der Waals surface area contributed by atoms with Gasteiger partial charge in [-0.05, 0) is 32.2 Å². The van der Waals surface area contributed by atoms with Gasteiger partial charge in [0.2, 0.25) is 5.91 Å². The highest BCUT2D eigenvalue weighted by molar-refractivity contribution is 5.78. The number of rotatable bonds is 6. The zero-order valence-corrected chi connectivity index (χ0v) is 8.81. The molecule has 0 aromatic carbocycles. The van der Waals surface area contributed by atoms with Crippen LogP contribution in [0.1, 0.15) is 32.6 Å². The number of carbonyl (C=O) groups is 1. The molecule has 3 N–H and O–H groups in total. The van der Waals surface area contributed by atoms with Gasteiger partial charge >= 0.3 is 0 Å². The van der Waals surface area contributed by atoms with Crippen LogP contribution in [0.5, 0.6) is 0 Å². The minimum absolute atomic E-state index is 0.0289. The molecule has 0 radical (unpaired) electrons. The monoisotopic (exact) mass is 200 g/mol. The Balaban J connectivity index is 2.03. The maximum absolute atomic E-state index is 11.2. The van der Waals surface area contributed by atoms with Gasteiger partial charge in [0.25, 0.3) is 0 Å². The van der Waals surface area contributed by atoms with Crippen LogP contribution >= 0.6 is 0 Å². The summed E-state index contributed by atoms with van der Waals surface area (Å²) in [6, 6.07) is 0. The van der Waals surface area contributed by atoms with Crippen LogP contribution in [0.25, 0.3) is 0 Å². The summed E-state index contributed by atoms with van der Waals surface area (Å²) < 4.78 is 0. The summed E-state index contributed by atoms with van der Waals surface area (Å²) in [5, 5.41) is 15.4. The van der Waals surface area contributed by atoms with Crippen molar-refractivity contribution in [2.45, 2.75) is 38.2 Å². The first kappa shape index (κ1) is 11.5. The molecule has 1 amide bonds. The van der Waals surface area contributed by atoms with Crippen molar-refractivity contribution in [3.63, 3.8) is 0 Å². The zero-order chi connectivity index (χ0) is 10.4. The van der Waals surface area contributed by atoms with Crippen molar-refractivity contribution in [2.75, 3.05) is 19.6 Å². The van der Waals surface area contributed by atoms with Gasteiger partial charge in [0, 0.05) is 6.54 Å². The first-order valence-electron chi connectivity index (χ1n) is 5.36. The highest BCUT2D eigenvalue weighted by Gasteiger charge is 2.34. The summed E-state index contributed by atoms with van der Waals surface area (Å²) >= 11 is 0. The van der Waals surface area contributed by atoms with E-state index in [-0.39, 0.29) is 5.91 Å². The van der Waals surface area contributed by atoms with Gasteiger partial charge in [-0.25, -0.2) is 0 Å². The van der Waals surface area contributed by atoms with Gasteiger partial charge in [-0.2, -0.15) is 0 Å². The molecule has 0 heterocycles. The Morgan fingerprint density at radius 1 is 1.50 bits per heavy atom. The zero-order valence-electron chi connectivity index (χ0n) is 8.81. The summed E-state index contributed by atoms with van der Waals surface area (Å²) in [5.74, 6) is -0.0289. The van der Waals surface area contributed by atoms with Crippen LogP contribution in [0, 0.1) is 0 Å². The smallest absolute Gasteiger partial charge is 0.234 e. The number of nitrogens with one attached hydrogen (secondary N) is 2. The van der Waals surface area contributed by atoms with Crippen LogP contribution in [0.15, 0.2) is 0 Å². The second-order valence-corrected chi connectivity index (χ2v) is 4.03. The van der Waals surface area contributed by atoms with Crippen molar-refractivity contribution < 1.29 is 9.90 Å². The van der Waals surface area contributed by atoms with E-state index in [4.69, 9.17) is 0 Å². The summed E-state index contributed by atoms with van der Waals surface area (Å²) in [5.41, 5.74) is -0.611. The molecule has 1 saturated carbocycles. The van der Waals surface area contributed by atoms with E-state index in [0.717, 1.165) is 32.2 Å². The first-order chi connectivity index (χ1) is 6.66. The number of carbonyl (C=O) groups excluding carboxylic acids is 1. The van der Waals surface area contributed by atoms with E-state index in [1.165, 1.54) is 0 Å². The minimum atomic E-state index is -0.611. The summed E-state index contributed by atoms with van der Waals surface area (Å²) in [4.78, 5) is 11.2. The van der Waals surface area contributed by atoms with Crippen molar-refractivity contribution in [3.8, 4) is 0 Å². The number of hydrogen-bond donors (Lipinski definition) is 3. The molecule has 82 valence electrons. The molecule has 0 atom stereocenters. The second-order valence-electron chi connectivity index (χ2n) is 4.03. The average Bonchev–Trinajstić information content (AvgIpc) is 2.12. The maximum atomic E-state index is 11.2. The third-order valence-corrected chi connectivity index (χ3v) is 2.61. The van der Waals surface area contributed by atoms with Gasteiger partial charge in [-0.15, -0.1) is 0 Å². The van der Waals surface area contributed by atoms with Crippen LogP contribution in [-0.4, -0.2) is 36.2 Å².